The lowest BCUT2D eigenvalue weighted by Gasteiger charge is -2.28. The van der Waals surface area contributed by atoms with E-state index in [4.69, 9.17) is 14.5 Å². The molecule has 1 aliphatic rings. The molecule has 1 atom stereocenters. The number of ether oxygens (including phenoxy) is 2. The van der Waals surface area contributed by atoms with E-state index in [0.29, 0.717) is 6.61 Å². The third-order valence-corrected chi connectivity index (χ3v) is 6.01. The zero-order valence-electron chi connectivity index (χ0n) is 18.7. The highest BCUT2D eigenvalue weighted by molar-refractivity contribution is 7.18. The molecule has 156 valence electrons. The lowest BCUT2D eigenvalue weighted by Crippen LogP contribution is -2.30. The Morgan fingerprint density at radius 3 is 2.43 bits per heavy atom. The third kappa shape index (κ3) is 4.74. The van der Waals surface area contributed by atoms with Gasteiger partial charge in [-0.15, -0.1) is 11.3 Å². The maximum atomic E-state index is 12.7. The van der Waals surface area contributed by atoms with Crippen molar-refractivity contribution in [3.05, 3.63) is 27.3 Å². The lowest BCUT2D eigenvalue weighted by atomic mass is 9.92. The number of esters is 1. The number of aromatic nitrogens is 1. The van der Waals surface area contributed by atoms with Gasteiger partial charge in [0.05, 0.1) is 12.2 Å². The van der Waals surface area contributed by atoms with E-state index >= 15 is 0 Å². The van der Waals surface area contributed by atoms with Crippen LogP contribution in [0.3, 0.4) is 0 Å². The minimum Gasteiger partial charge on any atom is -0.464 e. The van der Waals surface area contributed by atoms with Crippen molar-refractivity contribution in [1.82, 2.24) is 4.98 Å². The maximum absolute atomic E-state index is 12.7. The molecule has 0 spiro atoms. The molecule has 0 saturated heterocycles. The summed E-state index contributed by atoms with van der Waals surface area (Å²) < 4.78 is 11.5. The molecule has 0 saturated carbocycles. The van der Waals surface area contributed by atoms with E-state index in [0.717, 1.165) is 34.5 Å². The van der Waals surface area contributed by atoms with Crippen molar-refractivity contribution in [3.63, 3.8) is 0 Å². The first-order valence-electron chi connectivity index (χ1n) is 10.5. The minimum absolute atomic E-state index is 0.334. The fourth-order valence-electron chi connectivity index (χ4n) is 3.82. The van der Waals surface area contributed by atoms with Gasteiger partial charge in [-0.2, -0.15) is 0 Å². The van der Waals surface area contributed by atoms with Gasteiger partial charge >= 0.3 is 5.97 Å². The summed E-state index contributed by atoms with van der Waals surface area (Å²) >= 11 is 1.81. The van der Waals surface area contributed by atoms with E-state index in [1.54, 1.807) is 0 Å². The van der Waals surface area contributed by atoms with Crippen LogP contribution < -0.4 is 0 Å². The summed E-state index contributed by atoms with van der Waals surface area (Å²) in [6.45, 7) is 16.1. The van der Waals surface area contributed by atoms with Crippen molar-refractivity contribution < 1.29 is 14.3 Å². The fourth-order valence-corrected chi connectivity index (χ4v) is 5.19. The van der Waals surface area contributed by atoms with E-state index in [9.17, 15) is 4.79 Å². The predicted octanol–water partition coefficient (Wildman–Crippen LogP) is 6.24. The lowest BCUT2D eigenvalue weighted by molar-refractivity contribution is -0.167. The number of pyridine rings is 1. The number of rotatable bonds is 4. The normalized spacial score (nSPS) is 14.9. The summed E-state index contributed by atoms with van der Waals surface area (Å²) in [5.41, 5.74) is 3.82. The number of fused-ring (bicyclic) bond motifs is 3. The predicted molar refractivity (Wildman–Crippen MR) is 117 cm³/mol. The first-order valence-corrected chi connectivity index (χ1v) is 11.3. The fraction of sp³-hybridized carbons (Fsp3) is 0.652. The second-order valence-electron chi connectivity index (χ2n) is 7.99. The van der Waals surface area contributed by atoms with Crippen LogP contribution in [-0.2, 0) is 27.1 Å². The van der Waals surface area contributed by atoms with Crippen LogP contribution >= 0.6 is 11.3 Å². The van der Waals surface area contributed by atoms with E-state index in [1.807, 2.05) is 59.8 Å². The SMILES string of the molecule is CC.CCOC(=O)C(OC(C)(C)C)c1c(C)nc2sc3c(c2c1C)CCCC3. The van der Waals surface area contributed by atoms with E-state index in [2.05, 4.69) is 6.92 Å². The number of aryl methyl sites for hydroxylation is 4. The Labute approximate surface area is 173 Å². The van der Waals surface area contributed by atoms with Crippen LogP contribution in [0.25, 0.3) is 10.2 Å². The average Bonchev–Trinajstić information content (AvgIpc) is 3.00. The third-order valence-electron chi connectivity index (χ3n) is 4.83. The van der Waals surface area contributed by atoms with Crippen LogP contribution in [0, 0.1) is 13.8 Å². The van der Waals surface area contributed by atoms with Crippen LogP contribution in [0.4, 0.5) is 0 Å². The summed E-state index contributed by atoms with van der Waals surface area (Å²) in [7, 11) is 0. The molecular formula is C23H35NO3S. The highest BCUT2D eigenvalue weighted by Crippen LogP contribution is 2.41. The van der Waals surface area contributed by atoms with Gasteiger partial charge < -0.3 is 9.47 Å². The molecular weight excluding hydrogens is 370 g/mol. The zero-order chi connectivity index (χ0) is 21.1. The molecule has 4 nitrogen and oxygen atoms in total. The van der Waals surface area contributed by atoms with Gasteiger partial charge in [-0.1, -0.05) is 13.8 Å². The Bertz CT molecular complexity index is 833. The van der Waals surface area contributed by atoms with Crippen molar-refractivity contribution in [3.8, 4) is 0 Å². The molecule has 1 aliphatic carbocycles. The first kappa shape index (κ1) is 22.8. The zero-order valence-corrected chi connectivity index (χ0v) is 19.5. The van der Waals surface area contributed by atoms with Crippen molar-refractivity contribution >= 4 is 27.5 Å². The molecule has 2 aromatic heterocycles. The van der Waals surface area contributed by atoms with E-state index in [-0.39, 0.29) is 5.97 Å². The Balaban J connectivity index is 0.00000136. The van der Waals surface area contributed by atoms with Gasteiger partial charge in [0.25, 0.3) is 0 Å². The molecule has 0 amide bonds. The van der Waals surface area contributed by atoms with Crippen LogP contribution in [-0.4, -0.2) is 23.2 Å². The van der Waals surface area contributed by atoms with Gasteiger partial charge in [0.15, 0.2) is 6.10 Å². The molecule has 5 heteroatoms. The molecule has 0 aliphatic heterocycles. The number of hydrogen-bond acceptors (Lipinski definition) is 5. The molecule has 2 heterocycles. The number of nitrogens with zero attached hydrogens (tertiary/aromatic N) is 1. The van der Waals surface area contributed by atoms with E-state index in [1.165, 1.54) is 28.7 Å². The maximum Gasteiger partial charge on any atom is 0.340 e. The second kappa shape index (κ2) is 9.36. The molecule has 0 N–H and O–H groups in total. The van der Waals surface area contributed by atoms with Gasteiger partial charge in [-0.25, -0.2) is 9.78 Å². The molecule has 28 heavy (non-hydrogen) atoms. The highest BCUT2D eigenvalue weighted by Gasteiger charge is 2.33. The quantitative estimate of drug-likeness (QED) is 0.565. The van der Waals surface area contributed by atoms with Crippen LogP contribution in [0.15, 0.2) is 0 Å². The monoisotopic (exact) mass is 405 g/mol. The van der Waals surface area contributed by atoms with Gasteiger partial charge in [0.1, 0.15) is 4.83 Å². The van der Waals surface area contributed by atoms with Crippen molar-refractivity contribution in [2.45, 2.75) is 92.8 Å². The smallest absolute Gasteiger partial charge is 0.340 e. The Morgan fingerprint density at radius 2 is 1.82 bits per heavy atom. The Morgan fingerprint density at radius 1 is 1.18 bits per heavy atom. The number of hydrogen-bond donors (Lipinski definition) is 0. The number of thiophene rings is 1. The summed E-state index contributed by atoms with van der Waals surface area (Å²) in [6, 6.07) is 0. The molecule has 0 fully saturated rings. The van der Waals surface area contributed by atoms with Gasteiger partial charge in [-0.05, 0) is 78.4 Å². The van der Waals surface area contributed by atoms with Gasteiger partial charge in [0, 0.05) is 21.5 Å². The van der Waals surface area contributed by atoms with Crippen molar-refractivity contribution in [2.24, 2.45) is 0 Å². The average molecular weight is 406 g/mol. The van der Waals surface area contributed by atoms with Crippen molar-refractivity contribution in [1.29, 1.82) is 0 Å². The summed E-state index contributed by atoms with van der Waals surface area (Å²) in [4.78, 5) is 20.1. The largest absolute Gasteiger partial charge is 0.464 e. The second-order valence-corrected chi connectivity index (χ2v) is 9.07. The summed E-state index contributed by atoms with van der Waals surface area (Å²) in [6.07, 6.45) is 3.98. The van der Waals surface area contributed by atoms with E-state index < -0.39 is 11.7 Å². The topological polar surface area (TPSA) is 48.4 Å². The van der Waals surface area contributed by atoms with Crippen LogP contribution in [0.2, 0.25) is 0 Å². The highest BCUT2D eigenvalue weighted by atomic mass is 32.1. The Kier molecular flexibility index (Phi) is 7.63. The molecule has 0 bridgehead atoms. The molecule has 1 unspecified atom stereocenters. The summed E-state index contributed by atoms with van der Waals surface area (Å²) in [5.74, 6) is -0.334. The van der Waals surface area contributed by atoms with Gasteiger partial charge in [0.2, 0.25) is 0 Å². The van der Waals surface area contributed by atoms with Gasteiger partial charge in [-0.3, -0.25) is 0 Å². The minimum atomic E-state index is -0.744. The van der Waals surface area contributed by atoms with Crippen molar-refractivity contribution in [2.75, 3.05) is 6.61 Å². The number of carbonyl (C=O) groups is 1. The van der Waals surface area contributed by atoms with Crippen LogP contribution in [0.5, 0.6) is 0 Å². The molecule has 2 aromatic rings. The summed E-state index contributed by atoms with van der Waals surface area (Å²) in [5, 5.41) is 1.23. The Hall–Kier alpha value is -1.46. The molecule has 0 aromatic carbocycles. The van der Waals surface area contributed by atoms with Crippen LogP contribution in [0.1, 0.15) is 87.7 Å². The first-order chi connectivity index (χ1) is 13.2. The molecule has 3 rings (SSSR count). The molecule has 0 radical (unpaired) electrons. The number of carbonyl (C=O) groups excluding carboxylic acids is 1. The standard InChI is InChI=1S/C21H29NO3S.C2H6/c1-7-24-20(23)18(25-21(4,5)6)16-12(2)17-14-10-8-9-11-15(14)26-19(17)22-13(16)3;1-2/h18H,7-11H2,1-6H3;1-2H3.